The third-order valence-electron chi connectivity index (χ3n) is 4.39. The molecule has 0 bridgehead atoms. The van der Waals surface area contributed by atoms with Gasteiger partial charge in [-0.05, 0) is 10.8 Å². The maximum Gasteiger partial charge on any atom is 0.257 e. The number of H-pyrrole nitrogens is 1. The maximum atomic E-state index is 12.5. The van der Waals surface area contributed by atoms with E-state index >= 15 is 0 Å². The van der Waals surface area contributed by atoms with E-state index in [-0.39, 0.29) is 29.1 Å². The summed E-state index contributed by atoms with van der Waals surface area (Å²) in [5.74, 6) is 0.0291. The molecule has 0 spiro atoms. The van der Waals surface area contributed by atoms with Gasteiger partial charge in [-0.15, -0.1) is 0 Å². The van der Waals surface area contributed by atoms with Crippen molar-refractivity contribution in [3.8, 4) is 0 Å². The fraction of sp³-hybridized carbons (Fsp3) is 0.688. The number of aromatic amines is 1. The van der Waals surface area contributed by atoms with Crippen LogP contribution in [-0.2, 0) is 11.2 Å². The van der Waals surface area contributed by atoms with Crippen molar-refractivity contribution in [3.63, 3.8) is 0 Å². The van der Waals surface area contributed by atoms with Gasteiger partial charge in [-0.3, -0.25) is 14.7 Å². The van der Waals surface area contributed by atoms with Crippen molar-refractivity contribution in [3.05, 3.63) is 17.5 Å². The molecule has 22 heavy (non-hydrogen) atoms. The molecular weight excluding hydrogens is 280 g/mol. The molecule has 2 amide bonds. The van der Waals surface area contributed by atoms with Crippen molar-refractivity contribution in [1.29, 1.82) is 0 Å². The Morgan fingerprint density at radius 2 is 1.64 bits per heavy atom. The van der Waals surface area contributed by atoms with Crippen LogP contribution in [0.15, 0.2) is 6.20 Å². The summed E-state index contributed by atoms with van der Waals surface area (Å²) >= 11 is 0. The van der Waals surface area contributed by atoms with Crippen molar-refractivity contribution < 1.29 is 9.59 Å². The van der Waals surface area contributed by atoms with Crippen LogP contribution in [-0.4, -0.2) is 58.0 Å². The molecule has 3 rings (SSSR count). The van der Waals surface area contributed by atoms with Gasteiger partial charge >= 0.3 is 0 Å². The first-order valence-electron chi connectivity index (χ1n) is 7.76. The van der Waals surface area contributed by atoms with Crippen LogP contribution in [0.25, 0.3) is 0 Å². The van der Waals surface area contributed by atoms with Crippen LogP contribution in [0.1, 0.15) is 43.7 Å². The van der Waals surface area contributed by atoms with E-state index in [1.165, 1.54) is 6.20 Å². The van der Waals surface area contributed by atoms with Gasteiger partial charge in [-0.1, -0.05) is 27.7 Å². The van der Waals surface area contributed by atoms with Gasteiger partial charge < -0.3 is 9.80 Å². The molecule has 0 radical (unpaired) electrons. The second-order valence-corrected chi connectivity index (χ2v) is 8.18. The molecule has 2 saturated heterocycles. The van der Waals surface area contributed by atoms with E-state index < -0.39 is 0 Å². The molecule has 6 heteroatoms. The summed E-state index contributed by atoms with van der Waals surface area (Å²) in [5, 5.41) is 6.78. The van der Waals surface area contributed by atoms with Crippen LogP contribution in [0.3, 0.4) is 0 Å². The molecular formula is C16H24N4O2. The number of hydrogen-bond donors (Lipinski definition) is 1. The van der Waals surface area contributed by atoms with Gasteiger partial charge in [0.05, 0.1) is 23.9 Å². The zero-order valence-corrected chi connectivity index (χ0v) is 13.8. The van der Waals surface area contributed by atoms with Crippen molar-refractivity contribution in [2.45, 2.75) is 34.1 Å². The molecule has 1 aromatic heterocycles. The Balaban J connectivity index is 1.63. The van der Waals surface area contributed by atoms with Gasteiger partial charge in [0, 0.05) is 26.2 Å². The van der Waals surface area contributed by atoms with Crippen LogP contribution in [0.4, 0.5) is 0 Å². The molecule has 0 saturated carbocycles. The van der Waals surface area contributed by atoms with Crippen LogP contribution in [0.5, 0.6) is 0 Å². The second kappa shape index (κ2) is 4.83. The molecule has 2 aliphatic heterocycles. The quantitative estimate of drug-likeness (QED) is 0.915. The van der Waals surface area contributed by atoms with E-state index in [2.05, 4.69) is 37.9 Å². The van der Waals surface area contributed by atoms with Gasteiger partial charge in [0.2, 0.25) is 5.91 Å². The maximum absolute atomic E-state index is 12.5. The summed E-state index contributed by atoms with van der Waals surface area (Å²) in [4.78, 5) is 28.4. The van der Waals surface area contributed by atoms with E-state index in [0.717, 1.165) is 26.2 Å². The Kier molecular flexibility index (Phi) is 3.30. The number of nitrogens with zero attached hydrogens (tertiary/aromatic N) is 3. The number of rotatable bonds is 3. The minimum absolute atomic E-state index is 0.0279. The van der Waals surface area contributed by atoms with Gasteiger partial charge in [0.1, 0.15) is 0 Å². The van der Waals surface area contributed by atoms with Crippen LogP contribution in [0.2, 0.25) is 0 Å². The van der Waals surface area contributed by atoms with Crippen LogP contribution < -0.4 is 0 Å². The summed E-state index contributed by atoms with van der Waals surface area (Å²) in [5.41, 5.74) is 1.57. The fourth-order valence-electron chi connectivity index (χ4n) is 3.36. The van der Waals surface area contributed by atoms with E-state index in [9.17, 15) is 9.59 Å². The molecule has 1 aromatic rings. The molecule has 0 aliphatic carbocycles. The molecule has 2 fully saturated rings. The minimum Gasteiger partial charge on any atom is -0.341 e. The van der Waals surface area contributed by atoms with E-state index in [4.69, 9.17) is 0 Å². The van der Waals surface area contributed by atoms with Crippen molar-refractivity contribution in [2.75, 3.05) is 26.2 Å². The van der Waals surface area contributed by atoms with Crippen LogP contribution >= 0.6 is 0 Å². The molecule has 1 N–H and O–H groups in total. The third kappa shape index (κ3) is 2.74. The second-order valence-electron chi connectivity index (χ2n) is 8.18. The highest BCUT2D eigenvalue weighted by Gasteiger charge is 2.40. The highest BCUT2D eigenvalue weighted by Crippen LogP contribution is 2.31. The van der Waals surface area contributed by atoms with Crippen molar-refractivity contribution in [2.24, 2.45) is 10.8 Å². The molecule has 0 unspecified atom stereocenters. The Labute approximate surface area is 130 Å². The van der Waals surface area contributed by atoms with E-state index in [1.807, 2.05) is 9.80 Å². The lowest BCUT2D eigenvalue weighted by atomic mass is 9.83. The SMILES string of the molecule is CC1(C)CN(C(=O)Cc2[nH]ncc2C(=O)N2CC(C)(C)C2)C1. The normalized spacial score (nSPS) is 22.0. The predicted molar refractivity (Wildman–Crippen MR) is 82.3 cm³/mol. The summed E-state index contributed by atoms with van der Waals surface area (Å²) in [6.07, 6.45) is 1.75. The molecule has 0 aromatic carbocycles. The predicted octanol–water partition coefficient (Wildman–Crippen LogP) is 1.30. The van der Waals surface area contributed by atoms with Crippen molar-refractivity contribution in [1.82, 2.24) is 20.0 Å². The summed E-state index contributed by atoms with van der Waals surface area (Å²) in [6.45, 7) is 11.6. The highest BCUT2D eigenvalue weighted by molar-refractivity contribution is 5.97. The zero-order valence-electron chi connectivity index (χ0n) is 13.8. The van der Waals surface area contributed by atoms with Gasteiger partial charge in [-0.25, -0.2) is 0 Å². The number of amides is 2. The lowest BCUT2D eigenvalue weighted by Gasteiger charge is -2.46. The van der Waals surface area contributed by atoms with E-state index in [0.29, 0.717) is 11.3 Å². The Morgan fingerprint density at radius 3 is 2.18 bits per heavy atom. The minimum atomic E-state index is -0.0279. The monoisotopic (exact) mass is 304 g/mol. The Bertz CT molecular complexity index is 601. The summed E-state index contributed by atoms with van der Waals surface area (Å²) < 4.78 is 0. The zero-order chi connectivity index (χ0) is 16.1. The Hall–Kier alpha value is -1.85. The smallest absolute Gasteiger partial charge is 0.257 e. The largest absolute Gasteiger partial charge is 0.341 e. The lowest BCUT2D eigenvalue weighted by molar-refractivity contribution is -0.140. The van der Waals surface area contributed by atoms with Crippen LogP contribution in [0, 0.1) is 10.8 Å². The lowest BCUT2D eigenvalue weighted by Crippen LogP contribution is -2.56. The topological polar surface area (TPSA) is 69.3 Å². The number of aromatic nitrogens is 2. The molecule has 6 nitrogen and oxygen atoms in total. The Morgan fingerprint density at radius 1 is 1.09 bits per heavy atom. The molecule has 2 aliphatic rings. The first kappa shape index (κ1) is 15.1. The highest BCUT2D eigenvalue weighted by atomic mass is 16.2. The first-order valence-corrected chi connectivity index (χ1v) is 7.76. The van der Waals surface area contributed by atoms with Gasteiger partial charge in [0.15, 0.2) is 0 Å². The van der Waals surface area contributed by atoms with Gasteiger partial charge in [-0.2, -0.15) is 5.10 Å². The van der Waals surface area contributed by atoms with Crippen molar-refractivity contribution >= 4 is 11.8 Å². The van der Waals surface area contributed by atoms with Gasteiger partial charge in [0.25, 0.3) is 5.91 Å². The number of hydrogen-bond acceptors (Lipinski definition) is 3. The average molecular weight is 304 g/mol. The molecule has 120 valence electrons. The number of nitrogens with one attached hydrogen (secondary N) is 1. The average Bonchev–Trinajstić information content (AvgIpc) is 2.80. The molecule has 3 heterocycles. The fourth-order valence-corrected chi connectivity index (χ4v) is 3.36. The molecule has 0 atom stereocenters. The van der Waals surface area contributed by atoms with E-state index in [1.54, 1.807) is 0 Å². The standard InChI is InChI=1S/C16H24N4O2/c1-15(2)7-19(8-15)13(21)5-12-11(6-17-18-12)14(22)20-9-16(3,4)10-20/h6H,5,7-10H2,1-4H3,(H,17,18). The number of carbonyl (C=O) groups excluding carboxylic acids is 2. The summed E-state index contributed by atoms with van der Waals surface area (Å²) in [6, 6.07) is 0. The summed E-state index contributed by atoms with van der Waals surface area (Å²) in [7, 11) is 0. The number of likely N-dealkylation sites (tertiary alicyclic amines) is 2. The third-order valence-corrected chi connectivity index (χ3v) is 4.39. The number of carbonyl (C=O) groups is 2. The first-order chi connectivity index (χ1) is 10.2.